The number of halogens is 1. The predicted octanol–water partition coefficient (Wildman–Crippen LogP) is 0.830. The van der Waals surface area contributed by atoms with Gasteiger partial charge in [0.2, 0.25) is 17.6 Å². The summed E-state index contributed by atoms with van der Waals surface area (Å²) in [5.41, 5.74) is 0.477. The normalized spacial score (nSPS) is 15.8. The van der Waals surface area contributed by atoms with Gasteiger partial charge in [0.1, 0.15) is 12.8 Å². The molecule has 0 radical (unpaired) electrons. The molecule has 1 aromatic carbocycles. The third kappa shape index (κ3) is 4.65. The number of carbonyl (C=O) groups excluding carboxylic acids is 2. The number of aromatic nitrogens is 2. The molecule has 2 heterocycles. The van der Waals surface area contributed by atoms with Crippen molar-refractivity contribution in [3.8, 4) is 0 Å². The Kier molecular flexibility index (Phi) is 6.46. The number of hydrogen-bond acceptors (Lipinski definition) is 5. The molecule has 2 N–H and O–H groups in total. The Morgan fingerprint density at radius 1 is 1.23 bits per heavy atom. The van der Waals surface area contributed by atoms with Crippen molar-refractivity contribution in [1.29, 1.82) is 0 Å². The zero-order chi connectivity index (χ0) is 21.8. The van der Waals surface area contributed by atoms with E-state index >= 15 is 0 Å². The van der Waals surface area contributed by atoms with Gasteiger partial charge in [-0.25, -0.2) is 9.36 Å². The standard InChI is InChI=1S/C20H23FN4O5/c1-12-5-3-6-15(13(12)2)23-16(26)9-22-17(27)11-25-19(28)14(21)10-24(20(25)29)18-7-4-8-30-18/h3,5-6,10,18H,4,7-9,11H2,1-2H3,(H,22,27)(H,23,26)/t18-/m1/s1. The van der Waals surface area contributed by atoms with Gasteiger partial charge in [-0.3, -0.25) is 19.0 Å². The van der Waals surface area contributed by atoms with Crippen molar-refractivity contribution in [3.05, 3.63) is 62.2 Å². The summed E-state index contributed by atoms with van der Waals surface area (Å²) in [6.45, 7) is 3.12. The number of ether oxygens (including phenoxy) is 1. The van der Waals surface area contributed by atoms with E-state index in [0.29, 0.717) is 29.7 Å². The van der Waals surface area contributed by atoms with Crippen molar-refractivity contribution in [1.82, 2.24) is 14.5 Å². The highest BCUT2D eigenvalue weighted by Crippen LogP contribution is 2.20. The first-order chi connectivity index (χ1) is 14.3. The van der Waals surface area contributed by atoms with E-state index in [1.807, 2.05) is 19.9 Å². The Bertz CT molecular complexity index is 1090. The molecule has 3 rings (SSSR count). The molecule has 30 heavy (non-hydrogen) atoms. The van der Waals surface area contributed by atoms with Gasteiger partial charge in [0, 0.05) is 12.3 Å². The molecule has 1 aliphatic rings. The Labute approximate surface area is 171 Å². The number of benzene rings is 1. The number of rotatable bonds is 6. The van der Waals surface area contributed by atoms with Gasteiger partial charge >= 0.3 is 5.69 Å². The largest absolute Gasteiger partial charge is 0.358 e. The van der Waals surface area contributed by atoms with Gasteiger partial charge in [0.25, 0.3) is 5.56 Å². The molecule has 0 bridgehead atoms. The molecule has 2 amide bonds. The van der Waals surface area contributed by atoms with Crippen LogP contribution in [0.5, 0.6) is 0 Å². The number of aryl methyl sites for hydroxylation is 1. The summed E-state index contributed by atoms with van der Waals surface area (Å²) in [5, 5.41) is 5.02. The van der Waals surface area contributed by atoms with Crippen LogP contribution in [0.25, 0.3) is 0 Å². The second-order valence-corrected chi connectivity index (χ2v) is 7.10. The molecule has 1 atom stereocenters. The molecular weight excluding hydrogens is 395 g/mol. The summed E-state index contributed by atoms with van der Waals surface area (Å²) >= 11 is 0. The summed E-state index contributed by atoms with van der Waals surface area (Å²) in [7, 11) is 0. The predicted molar refractivity (Wildman–Crippen MR) is 107 cm³/mol. The average molecular weight is 418 g/mol. The maximum absolute atomic E-state index is 14.0. The van der Waals surface area contributed by atoms with E-state index in [-0.39, 0.29) is 6.54 Å². The highest BCUT2D eigenvalue weighted by atomic mass is 19.1. The lowest BCUT2D eigenvalue weighted by atomic mass is 10.1. The van der Waals surface area contributed by atoms with Crippen molar-refractivity contribution in [2.75, 3.05) is 18.5 Å². The molecule has 2 aromatic rings. The van der Waals surface area contributed by atoms with Crippen LogP contribution < -0.4 is 21.9 Å². The Hall–Kier alpha value is -3.27. The fourth-order valence-corrected chi connectivity index (χ4v) is 3.17. The number of amides is 2. The average Bonchev–Trinajstić information content (AvgIpc) is 3.24. The first-order valence-corrected chi connectivity index (χ1v) is 9.53. The second-order valence-electron chi connectivity index (χ2n) is 7.10. The van der Waals surface area contributed by atoms with Crippen molar-refractivity contribution in [2.24, 2.45) is 0 Å². The summed E-state index contributed by atoms with van der Waals surface area (Å²) in [4.78, 5) is 48.8. The smallest absolute Gasteiger partial charge is 0.333 e. The maximum Gasteiger partial charge on any atom is 0.333 e. The molecule has 1 aromatic heterocycles. The van der Waals surface area contributed by atoms with E-state index < -0.39 is 41.7 Å². The summed E-state index contributed by atoms with van der Waals surface area (Å²) in [5.74, 6) is -2.40. The zero-order valence-electron chi connectivity index (χ0n) is 16.7. The molecular formula is C20H23FN4O5. The van der Waals surface area contributed by atoms with Crippen LogP contribution in [0, 0.1) is 19.7 Å². The zero-order valence-corrected chi connectivity index (χ0v) is 16.7. The van der Waals surface area contributed by atoms with Gasteiger partial charge in [0.05, 0.1) is 12.7 Å². The fraction of sp³-hybridized carbons (Fsp3) is 0.400. The first-order valence-electron chi connectivity index (χ1n) is 9.53. The van der Waals surface area contributed by atoms with Gasteiger partial charge in [-0.1, -0.05) is 12.1 Å². The summed E-state index contributed by atoms with van der Waals surface area (Å²) in [6.07, 6.45) is 1.33. The molecule has 1 aliphatic heterocycles. The van der Waals surface area contributed by atoms with Crippen LogP contribution in [0.2, 0.25) is 0 Å². The summed E-state index contributed by atoms with van der Waals surface area (Å²) < 4.78 is 20.8. The van der Waals surface area contributed by atoms with Gasteiger partial charge in [-0.2, -0.15) is 4.39 Å². The number of anilines is 1. The van der Waals surface area contributed by atoms with E-state index in [0.717, 1.165) is 21.9 Å². The number of nitrogens with one attached hydrogen (secondary N) is 2. The van der Waals surface area contributed by atoms with Crippen LogP contribution in [-0.4, -0.2) is 34.1 Å². The van der Waals surface area contributed by atoms with E-state index in [9.17, 15) is 23.6 Å². The second kappa shape index (κ2) is 9.04. The lowest BCUT2D eigenvalue weighted by Crippen LogP contribution is -2.46. The van der Waals surface area contributed by atoms with Crippen LogP contribution in [0.4, 0.5) is 10.1 Å². The monoisotopic (exact) mass is 418 g/mol. The number of nitrogens with zero attached hydrogens (tertiary/aromatic N) is 2. The van der Waals surface area contributed by atoms with E-state index in [1.165, 1.54) is 0 Å². The maximum atomic E-state index is 14.0. The number of carbonyl (C=O) groups is 2. The highest BCUT2D eigenvalue weighted by molar-refractivity contribution is 5.95. The Morgan fingerprint density at radius 2 is 2.00 bits per heavy atom. The third-order valence-electron chi connectivity index (χ3n) is 5.00. The van der Waals surface area contributed by atoms with Crippen molar-refractivity contribution >= 4 is 17.5 Å². The lowest BCUT2D eigenvalue weighted by Gasteiger charge is -2.15. The van der Waals surface area contributed by atoms with Crippen molar-refractivity contribution in [3.63, 3.8) is 0 Å². The molecule has 1 saturated heterocycles. The lowest BCUT2D eigenvalue weighted by molar-refractivity contribution is -0.124. The van der Waals surface area contributed by atoms with Crippen molar-refractivity contribution < 1.29 is 18.7 Å². The van der Waals surface area contributed by atoms with E-state index in [4.69, 9.17) is 4.74 Å². The molecule has 0 aliphatic carbocycles. The summed E-state index contributed by atoms with van der Waals surface area (Å²) in [6, 6.07) is 5.45. The third-order valence-corrected chi connectivity index (χ3v) is 5.00. The molecule has 160 valence electrons. The molecule has 1 fully saturated rings. The topological polar surface area (TPSA) is 111 Å². The van der Waals surface area contributed by atoms with Crippen LogP contribution in [-0.2, 0) is 20.9 Å². The Morgan fingerprint density at radius 3 is 2.70 bits per heavy atom. The minimum Gasteiger partial charge on any atom is -0.358 e. The molecule has 9 nitrogen and oxygen atoms in total. The number of hydrogen-bond donors (Lipinski definition) is 2. The molecule has 10 heteroatoms. The Balaban J connectivity index is 1.66. The van der Waals surface area contributed by atoms with Crippen LogP contribution >= 0.6 is 0 Å². The SMILES string of the molecule is Cc1cccc(NC(=O)CNC(=O)Cn2c(=O)c(F)cn([C@H]3CCCO3)c2=O)c1C. The minimum absolute atomic E-state index is 0.365. The van der Waals surface area contributed by atoms with Gasteiger partial charge in [-0.05, 0) is 43.9 Å². The van der Waals surface area contributed by atoms with Crippen LogP contribution in [0.1, 0.15) is 30.2 Å². The highest BCUT2D eigenvalue weighted by Gasteiger charge is 2.23. The van der Waals surface area contributed by atoms with E-state index in [2.05, 4.69) is 10.6 Å². The van der Waals surface area contributed by atoms with Crippen molar-refractivity contribution in [2.45, 2.75) is 39.5 Å². The molecule has 0 saturated carbocycles. The molecule has 0 unspecified atom stereocenters. The van der Waals surface area contributed by atoms with Gasteiger partial charge in [0.15, 0.2) is 0 Å². The van der Waals surface area contributed by atoms with Gasteiger partial charge in [-0.15, -0.1) is 0 Å². The first kappa shape index (κ1) is 21.4. The fourth-order valence-electron chi connectivity index (χ4n) is 3.17. The van der Waals surface area contributed by atoms with E-state index in [1.54, 1.807) is 12.1 Å². The minimum atomic E-state index is -1.20. The quantitative estimate of drug-likeness (QED) is 0.722. The van der Waals surface area contributed by atoms with Crippen LogP contribution in [0.3, 0.4) is 0 Å². The van der Waals surface area contributed by atoms with Gasteiger partial charge < -0.3 is 15.4 Å². The van der Waals surface area contributed by atoms with Crippen LogP contribution in [0.15, 0.2) is 34.0 Å². The molecule has 0 spiro atoms.